The number of hydrogen-bond acceptors (Lipinski definition) is 3. The number of sulfonamides is 1. The summed E-state index contributed by atoms with van der Waals surface area (Å²) in [4.78, 5) is 0.456. The van der Waals surface area contributed by atoms with Crippen LogP contribution in [0.4, 0.5) is 0 Å². The van der Waals surface area contributed by atoms with E-state index in [4.69, 9.17) is 0 Å². The van der Waals surface area contributed by atoms with E-state index in [1.54, 1.807) is 4.31 Å². The van der Waals surface area contributed by atoms with Crippen molar-refractivity contribution >= 4 is 38.4 Å². The summed E-state index contributed by atoms with van der Waals surface area (Å²) in [5.74, 6) is 0. The second kappa shape index (κ2) is 7.42. The molecule has 0 radical (unpaired) electrons. The molecule has 0 bridgehead atoms. The van der Waals surface area contributed by atoms with Gasteiger partial charge in [-0.3, -0.25) is 0 Å². The minimum atomic E-state index is -3.41. The molecule has 1 aliphatic rings. The van der Waals surface area contributed by atoms with Gasteiger partial charge in [-0.25, -0.2) is 8.42 Å². The summed E-state index contributed by atoms with van der Waals surface area (Å²) in [5.41, 5.74) is 1.59. The molecule has 4 nitrogen and oxygen atoms in total. The topological polar surface area (TPSA) is 49.4 Å². The Morgan fingerprint density at radius 3 is 2.38 bits per heavy atom. The molecule has 0 amide bonds. The average Bonchev–Trinajstić information content (AvgIpc) is 2.37. The fourth-order valence-corrected chi connectivity index (χ4v) is 5.45. The molecule has 0 aliphatic carbocycles. The molecule has 0 saturated carbocycles. The first kappa shape index (κ1) is 18.9. The second-order valence-electron chi connectivity index (χ2n) is 5.36. The van der Waals surface area contributed by atoms with Gasteiger partial charge in [-0.15, -0.1) is 12.4 Å². The van der Waals surface area contributed by atoms with Crippen molar-refractivity contribution in [2.45, 2.75) is 37.6 Å². The van der Waals surface area contributed by atoms with Crippen LogP contribution in [0.3, 0.4) is 0 Å². The Morgan fingerprint density at radius 2 is 1.86 bits per heavy atom. The monoisotopic (exact) mass is 396 g/mol. The van der Waals surface area contributed by atoms with Gasteiger partial charge in [0, 0.05) is 23.6 Å². The molecule has 21 heavy (non-hydrogen) atoms. The molecule has 1 fully saturated rings. The molecular formula is C14H22BrClN2O2S. The van der Waals surface area contributed by atoms with Crippen molar-refractivity contribution in [1.29, 1.82) is 0 Å². The van der Waals surface area contributed by atoms with E-state index in [2.05, 4.69) is 21.2 Å². The lowest BCUT2D eigenvalue weighted by molar-refractivity contribution is 0.292. The fraction of sp³-hybridized carbons (Fsp3) is 0.571. The quantitative estimate of drug-likeness (QED) is 0.853. The molecule has 1 N–H and O–H groups in total. The zero-order valence-corrected chi connectivity index (χ0v) is 15.7. The van der Waals surface area contributed by atoms with Gasteiger partial charge in [-0.05, 0) is 57.0 Å². The zero-order chi connectivity index (χ0) is 14.9. The number of benzene rings is 1. The highest BCUT2D eigenvalue weighted by Gasteiger charge is 2.31. The highest BCUT2D eigenvalue weighted by molar-refractivity contribution is 9.10. The predicted octanol–water partition coefficient (Wildman–Crippen LogP) is 2.86. The van der Waals surface area contributed by atoms with Gasteiger partial charge >= 0.3 is 0 Å². The third-order valence-corrected chi connectivity index (χ3v) is 6.44. The van der Waals surface area contributed by atoms with Crippen LogP contribution in [0.2, 0.25) is 0 Å². The van der Waals surface area contributed by atoms with Crippen LogP contribution in [0.25, 0.3) is 0 Å². The predicted molar refractivity (Wildman–Crippen MR) is 91.7 cm³/mol. The number of aryl methyl sites for hydroxylation is 2. The second-order valence-corrected chi connectivity index (χ2v) is 8.15. The number of piperidine rings is 1. The maximum absolute atomic E-state index is 12.9. The highest BCUT2D eigenvalue weighted by Crippen LogP contribution is 2.28. The lowest BCUT2D eigenvalue weighted by atomic mass is 10.1. The van der Waals surface area contributed by atoms with E-state index in [0.29, 0.717) is 18.0 Å². The molecule has 0 aromatic heterocycles. The normalized spacial score (nSPS) is 20.1. The van der Waals surface area contributed by atoms with Gasteiger partial charge in [0.2, 0.25) is 10.0 Å². The first-order valence-corrected chi connectivity index (χ1v) is 9.03. The van der Waals surface area contributed by atoms with Crippen molar-refractivity contribution in [3.63, 3.8) is 0 Å². The van der Waals surface area contributed by atoms with Crippen molar-refractivity contribution in [3.05, 3.63) is 27.7 Å². The number of rotatable bonds is 3. The third kappa shape index (κ3) is 3.99. The van der Waals surface area contributed by atoms with Gasteiger partial charge in [0.1, 0.15) is 0 Å². The molecule has 1 saturated heterocycles. The molecule has 120 valence electrons. The molecule has 1 atom stereocenters. The molecule has 1 unspecified atom stereocenters. The summed E-state index contributed by atoms with van der Waals surface area (Å²) >= 11 is 3.41. The Kier molecular flexibility index (Phi) is 6.68. The molecule has 2 rings (SSSR count). The van der Waals surface area contributed by atoms with Gasteiger partial charge in [-0.1, -0.05) is 15.9 Å². The Bertz CT molecular complexity index is 584. The maximum atomic E-state index is 12.9. The number of nitrogens with one attached hydrogen (secondary N) is 1. The molecule has 1 aromatic carbocycles. The van der Waals surface area contributed by atoms with Crippen LogP contribution in [-0.2, 0) is 10.0 Å². The van der Waals surface area contributed by atoms with E-state index >= 15 is 0 Å². The van der Waals surface area contributed by atoms with Crippen LogP contribution in [0.1, 0.15) is 24.0 Å². The summed E-state index contributed by atoms with van der Waals surface area (Å²) in [6.45, 7) is 4.86. The van der Waals surface area contributed by atoms with Gasteiger partial charge in [0.05, 0.1) is 4.90 Å². The Balaban J connectivity index is 0.00000220. The minimum absolute atomic E-state index is 0. The summed E-state index contributed by atoms with van der Waals surface area (Å²) in [7, 11) is -1.52. The standard InChI is InChI=1S/C14H21BrN2O2S.ClH/c1-10-7-12(15)8-11(2)14(10)20(18,19)17-6-4-5-13(9-17)16-3;/h7-8,13,16H,4-6,9H2,1-3H3;1H. The lowest BCUT2D eigenvalue weighted by Gasteiger charge is -2.32. The summed E-state index contributed by atoms with van der Waals surface area (Å²) in [6, 6.07) is 3.97. The number of likely N-dealkylation sites (N-methyl/N-ethyl adjacent to an activating group) is 1. The van der Waals surface area contributed by atoms with Crippen molar-refractivity contribution in [1.82, 2.24) is 9.62 Å². The average molecular weight is 398 g/mol. The third-order valence-electron chi connectivity index (χ3n) is 3.82. The molecule has 0 spiro atoms. The van der Waals surface area contributed by atoms with Crippen molar-refractivity contribution in [2.75, 3.05) is 20.1 Å². The summed E-state index contributed by atoms with van der Waals surface area (Å²) in [5, 5.41) is 3.18. The summed E-state index contributed by atoms with van der Waals surface area (Å²) < 4.78 is 28.3. The van der Waals surface area contributed by atoms with Crippen molar-refractivity contribution in [3.8, 4) is 0 Å². The first-order chi connectivity index (χ1) is 9.36. The Morgan fingerprint density at radius 1 is 1.29 bits per heavy atom. The minimum Gasteiger partial charge on any atom is -0.316 e. The smallest absolute Gasteiger partial charge is 0.243 e. The van der Waals surface area contributed by atoms with Crippen molar-refractivity contribution < 1.29 is 8.42 Å². The van der Waals surface area contributed by atoms with Gasteiger partial charge < -0.3 is 5.32 Å². The number of nitrogens with zero attached hydrogens (tertiary/aromatic N) is 1. The Labute approximate surface area is 141 Å². The van der Waals surface area contributed by atoms with E-state index < -0.39 is 10.0 Å². The summed E-state index contributed by atoms with van der Waals surface area (Å²) in [6.07, 6.45) is 1.93. The largest absolute Gasteiger partial charge is 0.316 e. The van der Waals surface area contributed by atoms with Crippen LogP contribution in [0.15, 0.2) is 21.5 Å². The number of halogens is 2. The van der Waals surface area contributed by atoms with Gasteiger partial charge in [0.25, 0.3) is 0 Å². The van der Waals surface area contributed by atoms with Gasteiger partial charge in [0.15, 0.2) is 0 Å². The maximum Gasteiger partial charge on any atom is 0.243 e. The van der Waals surface area contributed by atoms with Gasteiger partial charge in [-0.2, -0.15) is 4.31 Å². The SMILES string of the molecule is CNC1CCCN(S(=O)(=O)c2c(C)cc(Br)cc2C)C1.Cl. The molecule has 7 heteroatoms. The Hall–Kier alpha value is -0.140. The van der Waals surface area contributed by atoms with Crippen LogP contribution in [-0.4, -0.2) is 38.9 Å². The number of hydrogen-bond donors (Lipinski definition) is 1. The van der Waals surface area contributed by atoms with E-state index in [1.165, 1.54) is 0 Å². The molecule has 1 aromatic rings. The van der Waals surface area contributed by atoms with Crippen LogP contribution in [0, 0.1) is 13.8 Å². The first-order valence-electron chi connectivity index (χ1n) is 6.80. The van der Waals surface area contributed by atoms with Crippen molar-refractivity contribution in [2.24, 2.45) is 0 Å². The van der Waals surface area contributed by atoms with Crippen LogP contribution in [0.5, 0.6) is 0 Å². The van der Waals surface area contributed by atoms with Crippen LogP contribution < -0.4 is 5.32 Å². The van der Waals surface area contributed by atoms with E-state index in [1.807, 2.05) is 33.0 Å². The highest BCUT2D eigenvalue weighted by atomic mass is 79.9. The fourth-order valence-electron chi connectivity index (χ4n) is 2.83. The van der Waals surface area contributed by atoms with E-state index in [0.717, 1.165) is 28.4 Å². The zero-order valence-electron chi connectivity index (χ0n) is 12.5. The lowest BCUT2D eigenvalue weighted by Crippen LogP contribution is -2.47. The molecule has 1 aliphatic heterocycles. The molecular weight excluding hydrogens is 376 g/mol. The van der Waals surface area contributed by atoms with E-state index in [-0.39, 0.29) is 18.4 Å². The van der Waals surface area contributed by atoms with E-state index in [9.17, 15) is 8.42 Å². The van der Waals surface area contributed by atoms with Crippen LogP contribution >= 0.6 is 28.3 Å². The molecule has 1 heterocycles.